The number of nitrogens with one attached hydrogen (secondary N) is 1. The molecule has 1 aromatic heterocycles. The average molecular weight is 441 g/mol. The Balaban J connectivity index is 1.73. The number of para-hydroxylation sites is 1. The molecule has 0 radical (unpaired) electrons. The normalized spacial score (nSPS) is 12.3. The van der Waals surface area contributed by atoms with Gasteiger partial charge < -0.3 is 14.6 Å². The lowest BCUT2D eigenvalue weighted by molar-refractivity contribution is -0.112. The van der Waals surface area contributed by atoms with Gasteiger partial charge in [-0.1, -0.05) is 29.5 Å². The van der Waals surface area contributed by atoms with E-state index in [0.29, 0.717) is 22.1 Å². The first-order valence-electron chi connectivity index (χ1n) is 8.65. The van der Waals surface area contributed by atoms with Crippen LogP contribution in [0.15, 0.2) is 47.5 Å². The second-order valence-corrected chi connectivity index (χ2v) is 7.82. The predicted octanol–water partition coefficient (Wildman–Crippen LogP) is 1.74. The topological polar surface area (TPSA) is 102 Å². The Morgan fingerprint density at radius 2 is 1.90 bits per heavy atom. The Hall–Kier alpha value is -3.50. The van der Waals surface area contributed by atoms with E-state index in [0.717, 1.165) is 16.0 Å². The van der Waals surface area contributed by atoms with Crippen molar-refractivity contribution in [2.24, 2.45) is 4.99 Å². The third-order valence-electron chi connectivity index (χ3n) is 4.48. The zero-order valence-corrected chi connectivity index (χ0v) is 17.5. The minimum absolute atomic E-state index is 0.168. The fourth-order valence-electron chi connectivity index (χ4n) is 3.05. The Kier molecular flexibility index (Phi) is 5.10. The van der Waals surface area contributed by atoms with Crippen molar-refractivity contribution in [2.45, 2.75) is 0 Å². The highest BCUT2D eigenvalue weighted by Crippen LogP contribution is 2.32. The molecule has 2 aromatic carbocycles. The van der Waals surface area contributed by atoms with Crippen LogP contribution >= 0.6 is 23.6 Å². The molecule has 2 amide bonds. The number of ether oxygens (including phenoxy) is 2. The smallest absolute Gasteiger partial charge is 0.279 e. The molecule has 0 atom stereocenters. The second kappa shape index (κ2) is 7.73. The molecule has 152 valence electrons. The summed E-state index contributed by atoms with van der Waals surface area (Å²) in [6, 6.07) is 11.7. The number of fused-ring (bicyclic) bond motifs is 1. The van der Waals surface area contributed by atoms with Gasteiger partial charge in [0.2, 0.25) is 5.88 Å². The van der Waals surface area contributed by atoms with E-state index < -0.39 is 11.8 Å². The SMILES string of the molecule is COc1ccc(C(=O)Nn2c(O)c(C3=c4ccccc4=NC3=O)sc2=S)cc1OC. The first-order chi connectivity index (χ1) is 14.4. The van der Waals surface area contributed by atoms with Crippen LogP contribution in [0.5, 0.6) is 17.4 Å². The van der Waals surface area contributed by atoms with E-state index in [9.17, 15) is 14.7 Å². The van der Waals surface area contributed by atoms with Gasteiger partial charge in [0, 0.05) is 10.8 Å². The number of benzene rings is 2. The van der Waals surface area contributed by atoms with Gasteiger partial charge in [0.25, 0.3) is 11.8 Å². The van der Waals surface area contributed by atoms with Crippen LogP contribution in [-0.2, 0) is 4.79 Å². The number of hydrogen-bond acceptors (Lipinski definition) is 7. The van der Waals surface area contributed by atoms with Gasteiger partial charge in [-0.3, -0.25) is 15.0 Å². The zero-order chi connectivity index (χ0) is 21.4. The Morgan fingerprint density at radius 3 is 2.63 bits per heavy atom. The fraction of sp³-hybridized carbons (Fsp3) is 0.100. The van der Waals surface area contributed by atoms with Crippen molar-refractivity contribution in [3.8, 4) is 17.4 Å². The van der Waals surface area contributed by atoms with Crippen LogP contribution in [0.2, 0.25) is 0 Å². The summed E-state index contributed by atoms with van der Waals surface area (Å²) in [5.74, 6) is -0.478. The van der Waals surface area contributed by atoms with E-state index in [2.05, 4.69) is 10.4 Å². The number of nitrogens with zero attached hydrogens (tertiary/aromatic N) is 2. The van der Waals surface area contributed by atoms with Gasteiger partial charge in [0.1, 0.15) is 4.88 Å². The monoisotopic (exact) mass is 441 g/mol. The number of thiazole rings is 1. The molecule has 30 heavy (non-hydrogen) atoms. The van der Waals surface area contributed by atoms with Gasteiger partial charge in [-0.25, -0.2) is 4.99 Å². The molecular weight excluding hydrogens is 426 g/mol. The summed E-state index contributed by atoms with van der Waals surface area (Å²) >= 11 is 6.30. The van der Waals surface area contributed by atoms with E-state index in [4.69, 9.17) is 21.7 Å². The molecule has 3 aromatic rings. The third kappa shape index (κ3) is 3.25. The summed E-state index contributed by atoms with van der Waals surface area (Å²) < 4.78 is 11.6. The van der Waals surface area contributed by atoms with Crippen LogP contribution in [0.25, 0.3) is 5.57 Å². The maximum absolute atomic E-state index is 12.7. The molecule has 0 saturated carbocycles. The molecule has 8 nitrogen and oxygen atoms in total. The van der Waals surface area contributed by atoms with Gasteiger partial charge in [0.15, 0.2) is 15.5 Å². The van der Waals surface area contributed by atoms with Crippen molar-refractivity contribution in [3.05, 3.63) is 67.4 Å². The molecule has 0 unspecified atom stereocenters. The summed E-state index contributed by atoms with van der Waals surface area (Å²) in [6.07, 6.45) is 0. The maximum atomic E-state index is 12.7. The minimum atomic E-state index is -0.528. The minimum Gasteiger partial charge on any atom is -0.493 e. The van der Waals surface area contributed by atoms with Crippen LogP contribution in [0.3, 0.4) is 0 Å². The van der Waals surface area contributed by atoms with Crippen LogP contribution in [0.4, 0.5) is 0 Å². The van der Waals surface area contributed by atoms with E-state index in [1.165, 1.54) is 20.3 Å². The molecule has 4 rings (SSSR count). The number of amides is 2. The molecule has 10 heteroatoms. The molecule has 1 aliphatic heterocycles. The summed E-state index contributed by atoms with van der Waals surface area (Å²) in [5, 5.41) is 11.9. The number of hydrogen-bond donors (Lipinski definition) is 2. The lowest BCUT2D eigenvalue weighted by atomic mass is 10.1. The molecule has 2 N–H and O–H groups in total. The van der Waals surface area contributed by atoms with Gasteiger partial charge in [-0.05, 0) is 36.5 Å². The van der Waals surface area contributed by atoms with Crippen LogP contribution in [0, 0.1) is 3.95 Å². The number of methoxy groups -OCH3 is 2. The van der Waals surface area contributed by atoms with Crippen molar-refractivity contribution in [1.29, 1.82) is 0 Å². The van der Waals surface area contributed by atoms with Crippen molar-refractivity contribution < 1.29 is 24.2 Å². The molecule has 0 bridgehead atoms. The summed E-state index contributed by atoms with van der Waals surface area (Å²) in [4.78, 5) is 29.4. The quantitative estimate of drug-likeness (QED) is 0.585. The van der Waals surface area contributed by atoms with Gasteiger partial charge in [-0.15, -0.1) is 0 Å². The number of aromatic nitrogens is 1. The van der Waals surface area contributed by atoms with E-state index >= 15 is 0 Å². The lowest BCUT2D eigenvalue weighted by Crippen LogP contribution is -2.23. The maximum Gasteiger partial charge on any atom is 0.279 e. The Morgan fingerprint density at radius 1 is 1.17 bits per heavy atom. The van der Waals surface area contributed by atoms with Crippen LogP contribution in [-0.4, -0.2) is 35.8 Å². The summed E-state index contributed by atoms with van der Waals surface area (Å²) in [6.45, 7) is 0. The van der Waals surface area contributed by atoms with Crippen LogP contribution < -0.4 is 25.5 Å². The van der Waals surface area contributed by atoms with Gasteiger partial charge in [0.05, 0.1) is 25.1 Å². The Bertz CT molecular complexity index is 1370. The molecule has 2 heterocycles. The number of carbonyl (C=O) groups excluding carboxylic acids is 2. The predicted molar refractivity (Wildman–Crippen MR) is 113 cm³/mol. The fourth-order valence-corrected chi connectivity index (χ4v) is 4.32. The number of rotatable bonds is 5. The second-order valence-electron chi connectivity index (χ2n) is 6.18. The first-order valence-corrected chi connectivity index (χ1v) is 9.88. The zero-order valence-electron chi connectivity index (χ0n) is 15.8. The van der Waals surface area contributed by atoms with Crippen molar-refractivity contribution in [3.63, 3.8) is 0 Å². The molecule has 1 aliphatic rings. The van der Waals surface area contributed by atoms with Gasteiger partial charge >= 0.3 is 0 Å². The van der Waals surface area contributed by atoms with E-state index in [-0.39, 0.29) is 25.8 Å². The van der Waals surface area contributed by atoms with E-state index in [1.54, 1.807) is 36.4 Å². The van der Waals surface area contributed by atoms with Crippen molar-refractivity contribution >= 4 is 40.9 Å². The van der Waals surface area contributed by atoms with E-state index in [1.807, 2.05) is 0 Å². The molecule has 0 spiro atoms. The highest BCUT2D eigenvalue weighted by atomic mass is 32.1. The largest absolute Gasteiger partial charge is 0.493 e. The molecule has 0 fully saturated rings. The highest BCUT2D eigenvalue weighted by Gasteiger charge is 2.26. The molecular formula is C20H15N3O5S2. The number of aromatic hydroxyl groups is 1. The summed E-state index contributed by atoms with van der Waals surface area (Å²) in [7, 11) is 2.96. The Labute approximate surface area is 179 Å². The van der Waals surface area contributed by atoms with Crippen LogP contribution in [0.1, 0.15) is 15.2 Å². The molecule has 0 saturated heterocycles. The summed E-state index contributed by atoms with van der Waals surface area (Å²) in [5.41, 5.74) is 3.07. The first kappa shape index (κ1) is 19.8. The number of carbonyl (C=O) groups is 2. The van der Waals surface area contributed by atoms with Gasteiger partial charge in [-0.2, -0.15) is 4.68 Å². The molecule has 0 aliphatic carbocycles. The standard InChI is InChI=1S/C20H15N3O5S2/c1-27-13-8-7-10(9-14(13)28-2)17(24)22-23-19(26)16(30-20(23)29)15-11-5-3-4-6-12(11)21-18(15)25/h3-9,26H,1-2H3,(H,22,24). The average Bonchev–Trinajstić information content (AvgIpc) is 3.22. The van der Waals surface area contributed by atoms with Crippen molar-refractivity contribution in [2.75, 3.05) is 19.6 Å². The highest BCUT2D eigenvalue weighted by molar-refractivity contribution is 7.73. The van der Waals surface area contributed by atoms with Crippen molar-refractivity contribution in [1.82, 2.24) is 4.68 Å². The third-order valence-corrected chi connectivity index (χ3v) is 5.86. The lowest BCUT2D eigenvalue weighted by Gasteiger charge is -2.11.